The highest BCUT2D eigenvalue weighted by Gasteiger charge is 2.12. The van der Waals surface area contributed by atoms with Crippen molar-refractivity contribution in [2.45, 2.75) is 0 Å². The molecule has 0 aliphatic rings. The molecule has 0 saturated carbocycles. The minimum atomic E-state index is -0.481. The number of halogens is 1. The summed E-state index contributed by atoms with van der Waals surface area (Å²) in [7, 11) is 0. The number of imidazole rings is 1. The number of aromatic amines is 1. The minimum absolute atomic E-state index is 0.457. The summed E-state index contributed by atoms with van der Waals surface area (Å²) in [5.41, 5.74) is 2.97. The zero-order chi connectivity index (χ0) is 12.5. The van der Waals surface area contributed by atoms with Gasteiger partial charge in [0.1, 0.15) is 5.82 Å². The van der Waals surface area contributed by atoms with Gasteiger partial charge in [0.15, 0.2) is 0 Å². The van der Waals surface area contributed by atoms with Crippen LogP contribution in [0.25, 0.3) is 22.4 Å². The molecule has 1 N–H and O–H groups in total. The van der Waals surface area contributed by atoms with E-state index in [1.165, 1.54) is 0 Å². The van der Waals surface area contributed by atoms with Crippen LogP contribution in [0.15, 0.2) is 48.5 Å². The molecule has 0 bridgehead atoms. The molecule has 0 aliphatic heterocycles. The first kappa shape index (κ1) is 11.0. The third kappa shape index (κ3) is 1.79. The van der Waals surface area contributed by atoms with Crippen molar-refractivity contribution in [3.05, 3.63) is 54.1 Å². The predicted octanol–water partition coefficient (Wildman–Crippen LogP) is 3.61. The second-order valence-electron chi connectivity index (χ2n) is 3.92. The van der Waals surface area contributed by atoms with Gasteiger partial charge in [-0.25, -0.2) is 4.98 Å². The summed E-state index contributed by atoms with van der Waals surface area (Å²) in [6.45, 7) is 0. The van der Waals surface area contributed by atoms with Gasteiger partial charge in [-0.1, -0.05) is 30.3 Å². The van der Waals surface area contributed by atoms with Gasteiger partial charge >= 0.3 is 0 Å². The lowest BCUT2D eigenvalue weighted by atomic mass is 10.1. The number of aromatic nitrogens is 2. The van der Waals surface area contributed by atoms with E-state index in [9.17, 15) is 4.79 Å². The highest BCUT2D eigenvalue weighted by Crippen LogP contribution is 2.24. The number of nitrogens with one attached hydrogen (secondary N) is 1. The fourth-order valence-corrected chi connectivity index (χ4v) is 2.11. The Hall–Kier alpha value is -2.13. The van der Waals surface area contributed by atoms with Crippen molar-refractivity contribution < 1.29 is 4.79 Å². The number of benzene rings is 2. The molecule has 0 atom stereocenters. The number of hydrogen-bond donors (Lipinski definition) is 1. The van der Waals surface area contributed by atoms with Crippen LogP contribution in [0, 0.1) is 0 Å². The van der Waals surface area contributed by atoms with Crippen molar-refractivity contribution in [3.63, 3.8) is 0 Å². The molecule has 1 heterocycles. The molecule has 1 aromatic heterocycles. The van der Waals surface area contributed by atoms with Crippen LogP contribution in [0.3, 0.4) is 0 Å². The largest absolute Gasteiger partial charge is 0.338 e. The average molecular weight is 257 g/mol. The Kier molecular flexibility index (Phi) is 2.61. The smallest absolute Gasteiger partial charge is 0.253 e. The van der Waals surface area contributed by atoms with E-state index in [0.717, 1.165) is 11.0 Å². The van der Waals surface area contributed by atoms with Gasteiger partial charge in [-0.15, -0.1) is 0 Å². The molecule has 0 radical (unpaired) electrons. The first-order valence-electron chi connectivity index (χ1n) is 5.50. The molecular formula is C14H9ClN2O. The van der Waals surface area contributed by atoms with Crippen LogP contribution in [0.5, 0.6) is 0 Å². The fourth-order valence-electron chi connectivity index (χ4n) is 1.94. The van der Waals surface area contributed by atoms with Gasteiger partial charge in [0, 0.05) is 11.1 Å². The lowest BCUT2D eigenvalue weighted by molar-refractivity contribution is 0.108. The molecule has 0 aliphatic carbocycles. The zero-order valence-corrected chi connectivity index (χ0v) is 10.1. The van der Waals surface area contributed by atoms with Crippen LogP contribution in [0.2, 0.25) is 0 Å². The highest BCUT2D eigenvalue weighted by atomic mass is 35.5. The van der Waals surface area contributed by atoms with E-state index < -0.39 is 5.24 Å². The Morgan fingerprint density at radius 1 is 1.06 bits per heavy atom. The molecule has 3 rings (SSSR count). The molecule has 88 valence electrons. The standard InChI is InChI=1S/C14H9ClN2O/c15-13(18)9-5-1-2-6-10(9)14-16-11-7-3-4-8-12(11)17-14/h1-8H,(H,16,17). The predicted molar refractivity (Wildman–Crippen MR) is 71.7 cm³/mol. The quantitative estimate of drug-likeness (QED) is 0.712. The summed E-state index contributed by atoms with van der Waals surface area (Å²) >= 11 is 5.58. The third-order valence-corrected chi connectivity index (χ3v) is 2.99. The molecule has 3 nitrogen and oxygen atoms in total. The average Bonchev–Trinajstić information content (AvgIpc) is 2.82. The maximum Gasteiger partial charge on any atom is 0.253 e. The normalized spacial score (nSPS) is 10.7. The number of para-hydroxylation sites is 2. The van der Waals surface area contributed by atoms with Gasteiger partial charge in [-0.3, -0.25) is 4.79 Å². The molecule has 0 saturated heterocycles. The van der Waals surface area contributed by atoms with Crippen molar-refractivity contribution in [1.82, 2.24) is 9.97 Å². The fraction of sp³-hybridized carbons (Fsp3) is 0. The lowest BCUT2D eigenvalue weighted by Crippen LogP contribution is -1.94. The van der Waals surface area contributed by atoms with Crippen molar-refractivity contribution in [2.75, 3.05) is 0 Å². The van der Waals surface area contributed by atoms with Crippen LogP contribution in [0.1, 0.15) is 10.4 Å². The Bertz CT molecular complexity index is 700. The number of nitrogens with zero attached hydrogens (tertiary/aromatic N) is 1. The summed E-state index contributed by atoms with van der Waals surface area (Å²) in [4.78, 5) is 19.0. The number of H-pyrrole nitrogens is 1. The van der Waals surface area contributed by atoms with Crippen molar-refractivity contribution >= 4 is 27.9 Å². The van der Waals surface area contributed by atoms with Crippen LogP contribution in [0.4, 0.5) is 0 Å². The second-order valence-corrected chi connectivity index (χ2v) is 4.27. The van der Waals surface area contributed by atoms with E-state index >= 15 is 0 Å². The van der Waals surface area contributed by atoms with Crippen molar-refractivity contribution in [2.24, 2.45) is 0 Å². The topological polar surface area (TPSA) is 45.8 Å². The zero-order valence-electron chi connectivity index (χ0n) is 9.35. The Labute approximate surface area is 108 Å². The van der Waals surface area contributed by atoms with Gasteiger partial charge in [0.05, 0.1) is 11.0 Å². The summed E-state index contributed by atoms with van der Waals surface area (Å²) in [5.74, 6) is 0.654. The number of carbonyl (C=O) groups is 1. The molecule has 0 fully saturated rings. The van der Waals surface area contributed by atoms with Gasteiger partial charge < -0.3 is 4.98 Å². The summed E-state index contributed by atoms with van der Waals surface area (Å²) in [6.07, 6.45) is 0. The first-order valence-corrected chi connectivity index (χ1v) is 5.87. The van der Waals surface area contributed by atoms with Crippen molar-refractivity contribution in [3.8, 4) is 11.4 Å². The monoisotopic (exact) mass is 256 g/mol. The van der Waals surface area contributed by atoms with E-state index in [0.29, 0.717) is 17.0 Å². The maximum atomic E-state index is 11.4. The van der Waals surface area contributed by atoms with E-state index in [1.807, 2.05) is 36.4 Å². The second kappa shape index (κ2) is 4.27. The molecule has 0 spiro atoms. The number of hydrogen-bond acceptors (Lipinski definition) is 2. The molecule has 0 unspecified atom stereocenters. The maximum absolute atomic E-state index is 11.4. The molecule has 18 heavy (non-hydrogen) atoms. The SMILES string of the molecule is O=C(Cl)c1ccccc1-c1nc2ccccc2[nH]1. The van der Waals surface area contributed by atoms with Crippen LogP contribution in [-0.4, -0.2) is 15.2 Å². The molecule has 4 heteroatoms. The Morgan fingerprint density at radius 2 is 1.78 bits per heavy atom. The van der Waals surface area contributed by atoms with Gasteiger partial charge in [0.2, 0.25) is 0 Å². The number of carbonyl (C=O) groups excluding carboxylic acids is 1. The molecule has 0 amide bonds. The first-order chi connectivity index (χ1) is 8.75. The van der Waals surface area contributed by atoms with Crippen LogP contribution >= 0.6 is 11.6 Å². The van der Waals surface area contributed by atoms with Gasteiger partial charge in [-0.2, -0.15) is 0 Å². The molecular weight excluding hydrogens is 248 g/mol. The molecule has 3 aromatic rings. The van der Waals surface area contributed by atoms with E-state index in [1.54, 1.807) is 12.1 Å². The van der Waals surface area contributed by atoms with E-state index in [4.69, 9.17) is 11.6 Å². The van der Waals surface area contributed by atoms with Crippen molar-refractivity contribution in [1.29, 1.82) is 0 Å². The van der Waals surface area contributed by atoms with Crippen LogP contribution in [-0.2, 0) is 0 Å². The van der Waals surface area contributed by atoms with Gasteiger partial charge in [-0.05, 0) is 29.8 Å². The lowest BCUT2D eigenvalue weighted by Gasteiger charge is -2.01. The summed E-state index contributed by atoms with van der Waals surface area (Å²) in [6, 6.07) is 14.9. The molecule has 2 aromatic carbocycles. The van der Waals surface area contributed by atoms with Gasteiger partial charge in [0.25, 0.3) is 5.24 Å². The number of fused-ring (bicyclic) bond motifs is 1. The van der Waals surface area contributed by atoms with E-state index in [-0.39, 0.29) is 0 Å². The van der Waals surface area contributed by atoms with Crippen LogP contribution < -0.4 is 0 Å². The number of rotatable bonds is 2. The third-order valence-electron chi connectivity index (χ3n) is 2.78. The Balaban J connectivity index is 2.23. The Morgan fingerprint density at radius 3 is 2.56 bits per heavy atom. The highest BCUT2D eigenvalue weighted by molar-refractivity contribution is 6.68. The minimum Gasteiger partial charge on any atom is -0.338 e. The summed E-state index contributed by atoms with van der Waals surface area (Å²) < 4.78 is 0. The summed E-state index contributed by atoms with van der Waals surface area (Å²) in [5, 5.41) is -0.481. The van der Waals surface area contributed by atoms with E-state index in [2.05, 4.69) is 9.97 Å².